The molecule has 0 bridgehead atoms. The lowest BCUT2D eigenvalue weighted by Gasteiger charge is -2.14. The molecule has 1 N–H and O–H groups in total. The Morgan fingerprint density at radius 1 is 1.29 bits per heavy atom. The Hall–Kier alpha value is -2.18. The number of nitrogens with zero attached hydrogens (tertiary/aromatic N) is 4. The lowest BCUT2D eigenvalue weighted by Crippen LogP contribution is -2.29. The number of oxazole rings is 1. The highest BCUT2D eigenvalue weighted by Crippen LogP contribution is 2.47. The Bertz CT molecular complexity index is 774. The van der Waals surface area contributed by atoms with E-state index in [4.69, 9.17) is 9.40 Å². The van der Waals surface area contributed by atoms with Crippen LogP contribution < -0.4 is 0 Å². The second kappa shape index (κ2) is 5.16. The molecule has 0 aromatic carbocycles. The molecule has 1 saturated heterocycles. The summed E-state index contributed by atoms with van der Waals surface area (Å²) in [5.74, 6) is 4.20. The van der Waals surface area contributed by atoms with Crippen LogP contribution in [0.25, 0.3) is 0 Å². The standard InChI is InChI=1S/C17H21N5O2/c1-9-14(24-8-18-9)17(23)22-6-12(10-2-3-10)13(7-22)16-19-15(20-21-16)11-4-5-11/h8,10-13H,2-7H2,1H3,(H,19,20,21)/t12-,13+/m1/s1. The van der Waals surface area contributed by atoms with Gasteiger partial charge in [-0.2, -0.15) is 5.10 Å². The van der Waals surface area contributed by atoms with E-state index in [1.165, 1.54) is 32.1 Å². The maximum absolute atomic E-state index is 12.8. The molecule has 2 aromatic heterocycles. The number of aromatic amines is 1. The number of carbonyl (C=O) groups is 1. The van der Waals surface area contributed by atoms with Gasteiger partial charge in [-0.25, -0.2) is 9.97 Å². The summed E-state index contributed by atoms with van der Waals surface area (Å²) < 4.78 is 5.30. The lowest BCUT2D eigenvalue weighted by atomic mass is 9.91. The van der Waals surface area contributed by atoms with Gasteiger partial charge in [0.05, 0.1) is 5.69 Å². The van der Waals surface area contributed by atoms with Gasteiger partial charge >= 0.3 is 0 Å². The van der Waals surface area contributed by atoms with Crippen LogP contribution >= 0.6 is 0 Å². The minimum Gasteiger partial charge on any atom is -0.438 e. The number of aromatic nitrogens is 4. The Balaban J connectivity index is 1.39. The van der Waals surface area contributed by atoms with Crippen LogP contribution in [0.15, 0.2) is 10.8 Å². The van der Waals surface area contributed by atoms with Gasteiger partial charge in [0, 0.05) is 24.9 Å². The van der Waals surface area contributed by atoms with Gasteiger partial charge < -0.3 is 9.32 Å². The van der Waals surface area contributed by atoms with Crippen LogP contribution in [0.3, 0.4) is 0 Å². The zero-order chi connectivity index (χ0) is 16.3. The fourth-order valence-electron chi connectivity index (χ4n) is 3.91. The summed E-state index contributed by atoms with van der Waals surface area (Å²) in [6.07, 6.45) is 6.25. The minimum absolute atomic E-state index is 0.0555. The van der Waals surface area contributed by atoms with E-state index in [1.807, 2.05) is 4.90 Å². The highest BCUT2D eigenvalue weighted by Gasteiger charge is 2.46. The van der Waals surface area contributed by atoms with Crippen LogP contribution in [0.1, 0.15) is 65.4 Å². The second-order valence-corrected chi connectivity index (χ2v) is 7.44. The zero-order valence-electron chi connectivity index (χ0n) is 13.7. The Labute approximate surface area is 139 Å². The predicted octanol–water partition coefficient (Wildman–Crippen LogP) is 2.24. The molecular formula is C17H21N5O2. The average molecular weight is 327 g/mol. The molecule has 0 radical (unpaired) electrons. The molecule has 2 saturated carbocycles. The first-order valence-corrected chi connectivity index (χ1v) is 8.82. The molecule has 0 spiro atoms. The fourth-order valence-corrected chi connectivity index (χ4v) is 3.91. The molecular weight excluding hydrogens is 306 g/mol. The largest absolute Gasteiger partial charge is 0.438 e. The normalized spacial score (nSPS) is 27.0. The third kappa shape index (κ3) is 2.34. The Kier molecular flexibility index (Phi) is 3.05. The zero-order valence-corrected chi connectivity index (χ0v) is 13.7. The summed E-state index contributed by atoms with van der Waals surface area (Å²) in [5, 5.41) is 7.56. The molecule has 3 aliphatic rings. The van der Waals surface area contributed by atoms with Crippen LogP contribution in [0.5, 0.6) is 0 Å². The van der Waals surface area contributed by atoms with Crippen molar-refractivity contribution in [1.82, 2.24) is 25.1 Å². The third-order valence-electron chi connectivity index (χ3n) is 5.63. The first kappa shape index (κ1) is 14.2. The van der Waals surface area contributed by atoms with Crippen LogP contribution in [-0.4, -0.2) is 44.1 Å². The average Bonchev–Trinajstić information content (AvgIpc) is 3.48. The van der Waals surface area contributed by atoms with Crippen molar-refractivity contribution in [2.24, 2.45) is 11.8 Å². The van der Waals surface area contributed by atoms with Gasteiger partial charge in [0.15, 0.2) is 12.2 Å². The summed E-state index contributed by atoms with van der Waals surface area (Å²) >= 11 is 0. The number of likely N-dealkylation sites (tertiary alicyclic amines) is 1. The van der Waals surface area contributed by atoms with Crippen molar-refractivity contribution in [3.05, 3.63) is 29.5 Å². The molecule has 5 rings (SSSR count). The van der Waals surface area contributed by atoms with Crippen LogP contribution in [0.2, 0.25) is 0 Å². The van der Waals surface area contributed by atoms with Crippen LogP contribution in [0.4, 0.5) is 0 Å². The number of rotatable bonds is 4. The first-order valence-electron chi connectivity index (χ1n) is 8.82. The third-order valence-corrected chi connectivity index (χ3v) is 5.63. The monoisotopic (exact) mass is 327 g/mol. The molecule has 1 aliphatic heterocycles. The first-order chi connectivity index (χ1) is 11.7. The maximum Gasteiger partial charge on any atom is 0.291 e. The number of nitrogens with one attached hydrogen (secondary N) is 1. The van der Waals surface area contributed by atoms with Gasteiger partial charge in [-0.1, -0.05) is 0 Å². The highest BCUT2D eigenvalue weighted by atomic mass is 16.3. The Morgan fingerprint density at radius 2 is 2.12 bits per heavy atom. The van der Waals surface area contributed by atoms with Crippen molar-refractivity contribution in [2.75, 3.05) is 13.1 Å². The van der Waals surface area contributed by atoms with Gasteiger partial charge in [-0.05, 0) is 44.4 Å². The lowest BCUT2D eigenvalue weighted by molar-refractivity contribution is 0.0752. The summed E-state index contributed by atoms with van der Waals surface area (Å²) in [5.41, 5.74) is 0.655. The number of hydrogen-bond acceptors (Lipinski definition) is 5. The SMILES string of the molecule is Cc1ncoc1C(=O)N1C[C@H](c2nc(C3CC3)n[nH]2)[C@@H](C2CC2)C1. The highest BCUT2D eigenvalue weighted by molar-refractivity contribution is 5.92. The second-order valence-electron chi connectivity index (χ2n) is 7.44. The molecule has 2 aliphatic carbocycles. The number of hydrogen-bond donors (Lipinski definition) is 1. The maximum atomic E-state index is 12.8. The van der Waals surface area contributed by atoms with E-state index >= 15 is 0 Å². The number of amides is 1. The number of carbonyl (C=O) groups excluding carboxylic acids is 1. The molecule has 1 amide bonds. The predicted molar refractivity (Wildman–Crippen MR) is 84.5 cm³/mol. The van der Waals surface area contributed by atoms with Crippen molar-refractivity contribution in [3.63, 3.8) is 0 Å². The van der Waals surface area contributed by atoms with E-state index in [9.17, 15) is 4.79 Å². The summed E-state index contributed by atoms with van der Waals surface area (Å²) in [6, 6.07) is 0. The molecule has 7 heteroatoms. The molecule has 2 atom stereocenters. The summed E-state index contributed by atoms with van der Waals surface area (Å²) in [7, 11) is 0. The van der Waals surface area contributed by atoms with E-state index in [-0.39, 0.29) is 11.8 Å². The molecule has 0 unspecified atom stereocenters. The van der Waals surface area contributed by atoms with Gasteiger partial charge in [-0.15, -0.1) is 0 Å². The van der Waals surface area contributed by atoms with Crippen LogP contribution in [0, 0.1) is 18.8 Å². The van der Waals surface area contributed by atoms with Gasteiger partial charge in [-0.3, -0.25) is 9.89 Å². The molecule has 7 nitrogen and oxygen atoms in total. The quantitative estimate of drug-likeness (QED) is 0.930. The van der Waals surface area contributed by atoms with Crippen LogP contribution in [-0.2, 0) is 0 Å². The number of H-pyrrole nitrogens is 1. The molecule has 126 valence electrons. The van der Waals surface area contributed by atoms with Gasteiger partial charge in [0.2, 0.25) is 5.76 Å². The summed E-state index contributed by atoms with van der Waals surface area (Å²) in [4.78, 5) is 23.5. The van der Waals surface area contributed by atoms with Crippen molar-refractivity contribution in [1.29, 1.82) is 0 Å². The smallest absolute Gasteiger partial charge is 0.291 e. The van der Waals surface area contributed by atoms with E-state index in [1.54, 1.807) is 6.92 Å². The summed E-state index contributed by atoms with van der Waals surface area (Å²) in [6.45, 7) is 3.26. The fraction of sp³-hybridized carbons (Fsp3) is 0.647. The minimum atomic E-state index is -0.0555. The van der Waals surface area contributed by atoms with E-state index in [0.29, 0.717) is 35.8 Å². The van der Waals surface area contributed by atoms with Crippen molar-refractivity contribution in [2.45, 2.75) is 44.4 Å². The molecule has 24 heavy (non-hydrogen) atoms. The van der Waals surface area contributed by atoms with E-state index in [0.717, 1.165) is 18.2 Å². The molecule has 2 aromatic rings. The van der Waals surface area contributed by atoms with Gasteiger partial charge in [0.25, 0.3) is 5.91 Å². The van der Waals surface area contributed by atoms with Crippen molar-refractivity contribution >= 4 is 5.91 Å². The topological polar surface area (TPSA) is 87.9 Å². The van der Waals surface area contributed by atoms with Gasteiger partial charge in [0.1, 0.15) is 5.82 Å². The van der Waals surface area contributed by atoms with E-state index in [2.05, 4.69) is 15.2 Å². The van der Waals surface area contributed by atoms with E-state index < -0.39 is 0 Å². The molecule has 3 fully saturated rings. The Morgan fingerprint density at radius 3 is 2.79 bits per heavy atom. The van der Waals surface area contributed by atoms with Crippen molar-refractivity contribution in [3.8, 4) is 0 Å². The molecule has 3 heterocycles. The number of aryl methyl sites for hydroxylation is 1. The van der Waals surface area contributed by atoms with Crippen molar-refractivity contribution < 1.29 is 9.21 Å².